The molecule has 1 amide bonds. The van der Waals surface area contributed by atoms with Gasteiger partial charge in [-0.2, -0.15) is 0 Å². The zero-order valence-electron chi connectivity index (χ0n) is 10.7. The predicted molar refractivity (Wildman–Crippen MR) is 76.7 cm³/mol. The average molecular weight is 293 g/mol. The van der Waals surface area contributed by atoms with Crippen molar-refractivity contribution in [3.05, 3.63) is 24.3 Å². The molecule has 0 radical (unpaired) electrons. The molecule has 3 N–H and O–H groups in total. The number of rotatable bonds is 3. The molecule has 6 nitrogen and oxygen atoms in total. The van der Waals surface area contributed by atoms with Crippen molar-refractivity contribution in [1.29, 1.82) is 0 Å². The Balaban J connectivity index is 1.61. The summed E-state index contributed by atoms with van der Waals surface area (Å²) in [5.74, 6) is -0.189. The summed E-state index contributed by atoms with van der Waals surface area (Å²) >= 11 is 1.42. The van der Waals surface area contributed by atoms with Gasteiger partial charge in [-0.25, -0.2) is 4.98 Å². The van der Waals surface area contributed by atoms with Crippen molar-refractivity contribution in [2.75, 3.05) is 25.0 Å². The van der Waals surface area contributed by atoms with Crippen molar-refractivity contribution >= 4 is 32.6 Å². The number of fused-ring (bicyclic) bond motifs is 1. The van der Waals surface area contributed by atoms with E-state index in [1.165, 1.54) is 11.3 Å². The minimum atomic E-state index is -0.773. The molecule has 2 unspecified atom stereocenters. The van der Waals surface area contributed by atoms with Crippen LogP contribution in [-0.4, -0.2) is 57.8 Å². The summed E-state index contributed by atoms with van der Waals surface area (Å²) in [7, 11) is 0. The molecule has 2 atom stereocenters. The summed E-state index contributed by atoms with van der Waals surface area (Å²) in [6, 6.07) is 7.68. The molecule has 0 saturated carbocycles. The number of nitrogens with zero attached hydrogens (tertiary/aromatic N) is 2. The van der Waals surface area contributed by atoms with Crippen molar-refractivity contribution < 1.29 is 15.0 Å². The monoisotopic (exact) mass is 293 g/mol. The van der Waals surface area contributed by atoms with E-state index in [-0.39, 0.29) is 12.5 Å². The van der Waals surface area contributed by atoms with Gasteiger partial charge >= 0.3 is 0 Å². The maximum absolute atomic E-state index is 11.9. The van der Waals surface area contributed by atoms with Crippen molar-refractivity contribution in [2.45, 2.75) is 12.2 Å². The van der Waals surface area contributed by atoms with Gasteiger partial charge in [-0.05, 0) is 12.1 Å². The van der Waals surface area contributed by atoms with Gasteiger partial charge < -0.3 is 15.5 Å². The molecule has 1 fully saturated rings. The second kappa shape index (κ2) is 5.45. The van der Waals surface area contributed by atoms with Crippen LogP contribution >= 0.6 is 11.3 Å². The number of amides is 1. The number of thiazole rings is 1. The van der Waals surface area contributed by atoms with Crippen LogP contribution < -0.4 is 5.32 Å². The Labute approximate surface area is 119 Å². The standard InChI is InChI=1S/C13H15N3O3S/c17-9-5-16(6-10(9)18)7-12(19)15-13-14-8-3-1-2-4-11(8)20-13/h1-4,9-10,17-18H,5-7H2,(H,14,15,19). The van der Waals surface area contributed by atoms with Crippen LogP contribution in [0.4, 0.5) is 5.13 Å². The number of likely N-dealkylation sites (tertiary alicyclic amines) is 1. The van der Waals surface area contributed by atoms with Gasteiger partial charge in [0.2, 0.25) is 5.91 Å². The third-order valence-corrected chi connectivity index (χ3v) is 4.19. The summed E-state index contributed by atoms with van der Waals surface area (Å²) in [4.78, 5) is 18.0. The number of aromatic nitrogens is 1. The minimum absolute atomic E-state index is 0.143. The van der Waals surface area contributed by atoms with E-state index in [0.29, 0.717) is 18.2 Å². The first-order chi connectivity index (χ1) is 9.61. The molecule has 106 valence electrons. The van der Waals surface area contributed by atoms with Gasteiger partial charge in [0.05, 0.1) is 29.0 Å². The Bertz CT molecular complexity index is 587. The van der Waals surface area contributed by atoms with E-state index >= 15 is 0 Å². The fourth-order valence-electron chi connectivity index (χ4n) is 2.26. The van der Waals surface area contributed by atoms with Crippen LogP contribution in [0, 0.1) is 0 Å². The van der Waals surface area contributed by atoms with Crippen LogP contribution in [0.15, 0.2) is 24.3 Å². The highest BCUT2D eigenvalue weighted by Crippen LogP contribution is 2.25. The lowest BCUT2D eigenvalue weighted by molar-refractivity contribution is -0.117. The van der Waals surface area contributed by atoms with Crippen LogP contribution in [0.1, 0.15) is 0 Å². The molecular weight excluding hydrogens is 278 g/mol. The second-order valence-corrected chi connectivity index (χ2v) is 5.89. The van der Waals surface area contributed by atoms with Gasteiger partial charge in [0.1, 0.15) is 0 Å². The van der Waals surface area contributed by atoms with Crippen LogP contribution in [-0.2, 0) is 4.79 Å². The highest BCUT2D eigenvalue weighted by Gasteiger charge is 2.30. The number of para-hydroxylation sites is 1. The molecule has 1 aliphatic heterocycles. The first-order valence-corrected chi connectivity index (χ1v) is 7.17. The summed E-state index contributed by atoms with van der Waals surface area (Å²) in [6.07, 6.45) is -1.55. The summed E-state index contributed by atoms with van der Waals surface area (Å²) in [6.45, 7) is 0.771. The number of aliphatic hydroxyl groups excluding tert-OH is 2. The maximum atomic E-state index is 11.9. The molecule has 1 saturated heterocycles. The number of hydrogen-bond acceptors (Lipinski definition) is 6. The minimum Gasteiger partial charge on any atom is -0.389 e. The van der Waals surface area contributed by atoms with Gasteiger partial charge in [0.25, 0.3) is 0 Å². The third kappa shape index (κ3) is 2.80. The van der Waals surface area contributed by atoms with Crippen molar-refractivity contribution in [3.63, 3.8) is 0 Å². The molecule has 2 aromatic rings. The SMILES string of the molecule is O=C(CN1CC(O)C(O)C1)Nc1nc2ccccc2s1. The first-order valence-electron chi connectivity index (χ1n) is 6.36. The summed E-state index contributed by atoms with van der Waals surface area (Å²) in [5, 5.41) is 22.2. The molecule has 2 heterocycles. The van der Waals surface area contributed by atoms with Crippen molar-refractivity contribution in [2.24, 2.45) is 0 Å². The predicted octanol–water partition coefficient (Wildman–Crippen LogP) is 0.272. The molecule has 0 aliphatic carbocycles. The number of aliphatic hydroxyl groups is 2. The number of hydrogen-bond donors (Lipinski definition) is 3. The topological polar surface area (TPSA) is 85.7 Å². The van der Waals surface area contributed by atoms with E-state index < -0.39 is 12.2 Å². The maximum Gasteiger partial charge on any atom is 0.240 e. The molecule has 1 aromatic carbocycles. The van der Waals surface area contributed by atoms with Crippen molar-refractivity contribution in [1.82, 2.24) is 9.88 Å². The normalized spacial score (nSPS) is 23.3. The molecule has 7 heteroatoms. The molecule has 3 rings (SSSR count). The number of β-amino-alcohol motifs (C(OH)–C–C–N with tert-alkyl or cyclic N) is 2. The van der Waals surface area contributed by atoms with Gasteiger partial charge in [-0.3, -0.25) is 9.69 Å². The largest absolute Gasteiger partial charge is 0.389 e. The van der Waals surface area contributed by atoms with E-state index in [9.17, 15) is 15.0 Å². The quantitative estimate of drug-likeness (QED) is 0.756. The zero-order chi connectivity index (χ0) is 14.1. The van der Waals surface area contributed by atoms with Crippen LogP contribution in [0.2, 0.25) is 0 Å². The van der Waals surface area contributed by atoms with Gasteiger partial charge in [-0.15, -0.1) is 0 Å². The van der Waals surface area contributed by atoms with E-state index in [1.54, 1.807) is 4.90 Å². The van der Waals surface area contributed by atoms with E-state index in [4.69, 9.17) is 0 Å². The van der Waals surface area contributed by atoms with Crippen LogP contribution in [0.25, 0.3) is 10.2 Å². The molecule has 1 aromatic heterocycles. The van der Waals surface area contributed by atoms with Crippen LogP contribution in [0.3, 0.4) is 0 Å². The number of carbonyl (C=O) groups excluding carboxylic acids is 1. The van der Waals surface area contributed by atoms with Gasteiger partial charge in [-0.1, -0.05) is 23.5 Å². The lowest BCUT2D eigenvalue weighted by Crippen LogP contribution is -2.32. The number of anilines is 1. The van der Waals surface area contributed by atoms with Crippen LogP contribution in [0.5, 0.6) is 0 Å². The van der Waals surface area contributed by atoms with E-state index in [1.807, 2.05) is 24.3 Å². The molecule has 0 spiro atoms. The highest BCUT2D eigenvalue weighted by atomic mass is 32.1. The molecular formula is C13H15N3O3S. The Morgan fingerprint density at radius 1 is 1.35 bits per heavy atom. The first kappa shape index (κ1) is 13.4. The average Bonchev–Trinajstić information content (AvgIpc) is 2.92. The van der Waals surface area contributed by atoms with E-state index in [2.05, 4.69) is 10.3 Å². The lowest BCUT2D eigenvalue weighted by Gasteiger charge is -2.13. The van der Waals surface area contributed by atoms with Gasteiger partial charge in [0.15, 0.2) is 5.13 Å². The molecule has 0 bridgehead atoms. The third-order valence-electron chi connectivity index (χ3n) is 3.24. The Morgan fingerprint density at radius 3 is 2.75 bits per heavy atom. The number of nitrogens with one attached hydrogen (secondary N) is 1. The van der Waals surface area contributed by atoms with E-state index in [0.717, 1.165) is 10.2 Å². The van der Waals surface area contributed by atoms with Crippen molar-refractivity contribution in [3.8, 4) is 0 Å². The fraction of sp³-hybridized carbons (Fsp3) is 0.385. The van der Waals surface area contributed by atoms with Gasteiger partial charge in [0, 0.05) is 13.1 Å². The molecule has 20 heavy (non-hydrogen) atoms. The highest BCUT2D eigenvalue weighted by molar-refractivity contribution is 7.22. The Kier molecular flexibility index (Phi) is 3.66. The smallest absolute Gasteiger partial charge is 0.240 e. The summed E-state index contributed by atoms with van der Waals surface area (Å²) in [5.41, 5.74) is 0.861. The Morgan fingerprint density at radius 2 is 2.05 bits per heavy atom. The molecule has 1 aliphatic rings. The summed E-state index contributed by atoms with van der Waals surface area (Å²) < 4.78 is 1.02. The second-order valence-electron chi connectivity index (χ2n) is 4.86. The zero-order valence-corrected chi connectivity index (χ0v) is 11.5. The lowest BCUT2D eigenvalue weighted by atomic mass is 10.3. The Hall–Kier alpha value is -1.54. The fourth-order valence-corrected chi connectivity index (χ4v) is 3.15. The number of carbonyl (C=O) groups is 1. The number of benzene rings is 1.